The predicted octanol–water partition coefficient (Wildman–Crippen LogP) is 1.50. The molecule has 1 amide bonds. The normalized spacial score (nSPS) is 21.7. The van der Waals surface area contributed by atoms with E-state index in [4.69, 9.17) is 4.74 Å². The van der Waals surface area contributed by atoms with Crippen LogP contribution in [0, 0.1) is 16.0 Å². The standard InChI is InChI=1S/C17H17N3O5/c1-25-17(22)9-2-3-13-10(6-9)12-8-19(5-4-14(12)18-13)16(21)11-7-15(11)20(23)24/h2-3,6,11,15,18H,4-5,7-8H2,1H3. The van der Waals surface area contributed by atoms with Gasteiger partial charge in [0, 0.05) is 53.0 Å². The van der Waals surface area contributed by atoms with Crippen LogP contribution in [0.1, 0.15) is 28.0 Å². The number of nitrogens with zero attached hydrogens (tertiary/aromatic N) is 2. The topological polar surface area (TPSA) is 106 Å². The molecule has 0 spiro atoms. The van der Waals surface area contributed by atoms with Crippen molar-refractivity contribution in [1.82, 2.24) is 9.88 Å². The fraction of sp³-hybridized carbons (Fsp3) is 0.412. The molecule has 1 N–H and O–H groups in total. The molecule has 2 atom stereocenters. The van der Waals surface area contributed by atoms with E-state index in [1.165, 1.54) is 7.11 Å². The molecular formula is C17H17N3O5. The fourth-order valence-corrected chi connectivity index (χ4v) is 3.56. The van der Waals surface area contributed by atoms with Crippen molar-refractivity contribution < 1.29 is 19.2 Å². The Morgan fingerprint density at radius 2 is 2.20 bits per heavy atom. The number of esters is 1. The maximum atomic E-state index is 12.5. The molecule has 2 unspecified atom stereocenters. The number of carbonyl (C=O) groups is 2. The summed E-state index contributed by atoms with van der Waals surface area (Å²) in [5, 5.41) is 11.7. The number of H-pyrrole nitrogens is 1. The summed E-state index contributed by atoms with van der Waals surface area (Å²) >= 11 is 0. The lowest BCUT2D eigenvalue weighted by Crippen LogP contribution is -2.37. The third-order valence-corrected chi connectivity index (χ3v) is 5.05. The minimum absolute atomic E-state index is 0.147. The quantitative estimate of drug-likeness (QED) is 0.516. The van der Waals surface area contributed by atoms with Gasteiger partial charge in [-0.2, -0.15) is 0 Å². The summed E-state index contributed by atoms with van der Waals surface area (Å²) in [6.45, 7) is 0.948. The first-order valence-corrected chi connectivity index (χ1v) is 8.13. The smallest absolute Gasteiger partial charge is 0.337 e. The van der Waals surface area contributed by atoms with Crippen LogP contribution in [0.2, 0.25) is 0 Å². The van der Waals surface area contributed by atoms with E-state index in [1.807, 2.05) is 6.07 Å². The number of methoxy groups -OCH3 is 1. The van der Waals surface area contributed by atoms with E-state index >= 15 is 0 Å². The molecule has 2 heterocycles. The summed E-state index contributed by atoms with van der Waals surface area (Å²) < 4.78 is 4.76. The Balaban J connectivity index is 1.62. The molecule has 2 aromatic rings. The Bertz CT molecular complexity index is 903. The predicted molar refractivity (Wildman–Crippen MR) is 87.6 cm³/mol. The van der Waals surface area contributed by atoms with Crippen molar-refractivity contribution in [1.29, 1.82) is 0 Å². The minimum atomic E-state index is -0.734. The molecule has 4 rings (SSSR count). The number of nitro groups is 1. The fourth-order valence-electron chi connectivity index (χ4n) is 3.56. The van der Waals surface area contributed by atoms with E-state index in [9.17, 15) is 19.7 Å². The van der Waals surface area contributed by atoms with Crippen LogP contribution in [0.3, 0.4) is 0 Å². The number of aromatic nitrogens is 1. The number of hydrogen-bond acceptors (Lipinski definition) is 5. The molecule has 1 aromatic carbocycles. The number of nitrogens with one attached hydrogen (secondary N) is 1. The van der Waals surface area contributed by atoms with Gasteiger partial charge in [0.05, 0.1) is 12.7 Å². The maximum absolute atomic E-state index is 12.5. The second-order valence-electron chi connectivity index (χ2n) is 6.54. The van der Waals surface area contributed by atoms with Gasteiger partial charge in [-0.3, -0.25) is 14.9 Å². The molecule has 1 aliphatic heterocycles. The van der Waals surface area contributed by atoms with Crippen molar-refractivity contribution in [2.24, 2.45) is 5.92 Å². The molecule has 1 aromatic heterocycles. The van der Waals surface area contributed by atoms with E-state index < -0.39 is 17.9 Å². The van der Waals surface area contributed by atoms with Crippen molar-refractivity contribution in [3.63, 3.8) is 0 Å². The van der Waals surface area contributed by atoms with Gasteiger partial charge in [0.15, 0.2) is 0 Å². The van der Waals surface area contributed by atoms with Gasteiger partial charge in [-0.05, 0) is 18.2 Å². The summed E-state index contributed by atoms with van der Waals surface area (Å²) in [5.41, 5.74) is 3.37. The van der Waals surface area contributed by atoms with Crippen LogP contribution in [0.5, 0.6) is 0 Å². The highest BCUT2D eigenvalue weighted by molar-refractivity contribution is 5.96. The average Bonchev–Trinajstić information content (AvgIpc) is 3.35. The zero-order chi connectivity index (χ0) is 17.7. The minimum Gasteiger partial charge on any atom is -0.465 e. The molecule has 1 fully saturated rings. The summed E-state index contributed by atoms with van der Waals surface area (Å²) in [5.74, 6) is -1.05. The average molecular weight is 343 g/mol. The maximum Gasteiger partial charge on any atom is 0.337 e. The van der Waals surface area contributed by atoms with Crippen LogP contribution in [0.4, 0.5) is 0 Å². The summed E-state index contributed by atoms with van der Waals surface area (Å²) in [6, 6.07) is 4.56. The van der Waals surface area contributed by atoms with E-state index in [1.54, 1.807) is 17.0 Å². The zero-order valence-electron chi connectivity index (χ0n) is 13.7. The Morgan fingerprint density at radius 3 is 2.88 bits per heavy atom. The molecule has 1 saturated carbocycles. The highest BCUT2D eigenvalue weighted by Gasteiger charge is 2.54. The first-order chi connectivity index (χ1) is 12.0. The summed E-state index contributed by atoms with van der Waals surface area (Å²) in [4.78, 5) is 39.7. The number of hydrogen-bond donors (Lipinski definition) is 1. The van der Waals surface area contributed by atoms with E-state index in [2.05, 4.69) is 4.98 Å². The van der Waals surface area contributed by atoms with Crippen LogP contribution in [-0.4, -0.2) is 46.4 Å². The van der Waals surface area contributed by atoms with Gasteiger partial charge in [-0.25, -0.2) is 4.79 Å². The second kappa shape index (κ2) is 5.58. The van der Waals surface area contributed by atoms with Crippen molar-refractivity contribution >= 4 is 22.8 Å². The number of fused-ring (bicyclic) bond motifs is 3. The molecule has 8 heteroatoms. The zero-order valence-corrected chi connectivity index (χ0v) is 13.7. The molecule has 2 aliphatic rings. The van der Waals surface area contributed by atoms with Crippen LogP contribution in [0.25, 0.3) is 10.9 Å². The monoisotopic (exact) mass is 343 g/mol. The van der Waals surface area contributed by atoms with Gasteiger partial charge in [0.1, 0.15) is 5.92 Å². The second-order valence-corrected chi connectivity index (χ2v) is 6.54. The number of benzene rings is 1. The number of amides is 1. The van der Waals surface area contributed by atoms with Crippen molar-refractivity contribution in [3.8, 4) is 0 Å². The van der Waals surface area contributed by atoms with E-state index in [-0.39, 0.29) is 10.8 Å². The van der Waals surface area contributed by atoms with Gasteiger partial charge in [0.2, 0.25) is 11.9 Å². The highest BCUT2D eigenvalue weighted by Crippen LogP contribution is 2.37. The molecule has 0 radical (unpaired) electrons. The lowest BCUT2D eigenvalue weighted by atomic mass is 10.0. The summed E-state index contributed by atoms with van der Waals surface area (Å²) in [7, 11) is 1.33. The number of rotatable bonds is 3. The number of aromatic amines is 1. The third kappa shape index (κ3) is 2.54. The van der Waals surface area contributed by atoms with Crippen LogP contribution >= 0.6 is 0 Å². The SMILES string of the molecule is COC(=O)c1ccc2[nH]c3c(c2c1)CN(C(=O)C1CC1[N+](=O)[O-])CC3. The van der Waals surface area contributed by atoms with Crippen molar-refractivity contribution in [2.75, 3.05) is 13.7 Å². The molecule has 8 nitrogen and oxygen atoms in total. The molecule has 0 saturated heterocycles. The van der Waals surface area contributed by atoms with Crippen molar-refractivity contribution in [2.45, 2.75) is 25.4 Å². The lowest BCUT2D eigenvalue weighted by molar-refractivity contribution is -0.497. The number of ether oxygens (including phenoxy) is 1. The Hall–Kier alpha value is -2.90. The molecule has 130 valence electrons. The largest absolute Gasteiger partial charge is 0.465 e. The first kappa shape index (κ1) is 15.6. The Labute approximate surface area is 142 Å². The molecular weight excluding hydrogens is 326 g/mol. The van der Waals surface area contributed by atoms with Crippen LogP contribution < -0.4 is 0 Å². The van der Waals surface area contributed by atoms with E-state index in [0.29, 0.717) is 31.5 Å². The number of carbonyl (C=O) groups excluding carboxylic acids is 2. The van der Waals surface area contributed by atoms with Crippen LogP contribution in [0.15, 0.2) is 18.2 Å². The van der Waals surface area contributed by atoms with Gasteiger partial charge in [0.25, 0.3) is 0 Å². The Kier molecular flexibility index (Phi) is 3.48. The van der Waals surface area contributed by atoms with Crippen molar-refractivity contribution in [3.05, 3.63) is 45.1 Å². The van der Waals surface area contributed by atoms with E-state index in [0.717, 1.165) is 22.2 Å². The lowest BCUT2D eigenvalue weighted by Gasteiger charge is -2.27. The summed E-state index contributed by atoms with van der Waals surface area (Å²) in [6.07, 6.45) is 0.995. The van der Waals surface area contributed by atoms with Crippen LogP contribution in [-0.2, 0) is 22.5 Å². The third-order valence-electron chi connectivity index (χ3n) is 5.05. The van der Waals surface area contributed by atoms with Gasteiger partial charge in [-0.1, -0.05) is 0 Å². The highest BCUT2D eigenvalue weighted by atomic mass is 16.6. The molecule has 0 bridgehead atoms. The first-order valence-electron chi connectivity index (χ1n) is 8.13. The molecule has 25 heavy (non-hydrogen) atoms. The van der Waals surface area contributed by atoms with Gasteiger partial charge >= 0.3 is 5.97 Å². The Morgan fingerprint density at radius 1 is 1.40 bits per heavy atom. The molecule has 1 aliphatic carbocycles. The van der Waals surface area contributed by atoms with Gasteiger partial charge < -0.3 is 14.6 Å². The van der Waals surface area contributed by atoms with Gasteiger partial charge in [-0.15, -0.1) is 0 Å².